The Labute approximate surface area is 199 Å². The van der Waals surface area contributed by atoms with Crippen LogP contribution in [0.15, 0.2) is 114 Å². The van der Waals surface area contributed by atoms with E-state index in [1.54, 1.807) is 0 Å². The predicted molar refractivity (Wildman–Crippen MR) is 146 cm³/mol. The summed E-state index contributed by atoms with van der Waals surface area (Å²) < 4.78 is 0. The van der Waals surface area contributed by atoms with Gasteiger partial charge in [-0.2, -0.15) is 0 Å². The smallest absolute Gasteiger partial charge is 0.0780 e. The van der Waals surface area contributed by atoms with Gasteiger partial charge in [0.05, 0.1) is 11.6 Å². The van der Waals surface area contributed by atoms with Crippen molar-refractivity contribution in [3.8, 4) is 22.3 Å². The number of nitrogens with zero attached hydrogens (tertiary/aromatic N) is 2. The first-order chi connectivity index (χ1) is 16.7. The minimum Gasteiger partial charge on any atom is -0.293 e. The molecule has 1 unspecified atom stereocenters. The molecule has 0 spiro atoms. The highest BCUT2D eigenvalue weighted by Crippen LogP contribution is 2.39. The lowest BCUT2D eigenvalue weighted by molar-refractivity contribution is 0.829. The Hall–Kier alpha value is -4.30. The molecule has 5 aromatic carbocycles. The molecule has 0 saturated heterocycles. The Bertz CT molecular complexity index is 1690. The zero-order valence-electron chi connectivity index (χ0n) is 19.1. The summed E-state index contributed by atoms with van der Waals surface area (Å²) >= 11 is 0. The van der Waals surface area contributed by atoms with Crippen molar-refractivity contribution in [2.45, 2.75) is 13.0 Å². The maximum Gasteiger partial charge on any atom is 0.0780 e. The number of aliphatic imine (C=N–C) groups is 1. The minimum absolute atomic E-state index is 0.00615. The second kappa shape index (κ2) is 8.24. The molecule has 0 aliphatic heterocycles. The Morgan fingerprint density at radius 3 is 2.15 bits per heavy atom. The Kier molecular flexibility index (Phi) is 4.92. The van der Waals surface area contributed by atoms with Crippen molar-refractivity contribution >= 4 is 39.2 Å². The molecule has 0 aliphatic carbocycles. The third kappa shape index (κ3) is 3.36. The van der Waals surface area contributed by atoms with Gasteiger partial charge in [0.1, 0.15) is 0 Å². The van der Waals surface area contributed by atoms with Gasteiger partial charge in [0, 0.05) is 17.1 Å². The monoisotopic (exact) mass is 436 g/mol. The fourth-order valence-corrected chi connectivity index (χ4v) is 4.94. The summed E-state index contributed by atoms with van der Waals surface area (Å²) in [6.07, 6.45) is 1.86. The second-order valence-corrected chi connectivity index (χ2v) is 8.77. The lowest BCUT2D eigenvalue weighted by atomic mass is 9.89. The van der Waals surface area contributed by atoms with E-state index in [0.29, 0.717) is 0 Å². The fraction of sp³-hybridized carbons (Fsp3) is 0.0625. The van der Waals surface area contributed by atoms with Gasteiger partial charge in [-0.05, 0) is 87.8 Å². The molecule has 1 aromatic heterocycles. The minimum atomic E-state index is -0.00615. The zero-order valence-corrected chi connectivity index (χ0v) is 19.1. The van der Waals surface area contributed by atoms with E-state index in [-0.39, 0.29) is 6.04 Å². The first-order valence-corrected chi connectivity index (χ1v) is 11.6. The first-order valence-electron chi connectivity index (χ1n) is 11.6. The lowest BCUT2D eigenvalue weighted by Gasteiger charge is -2.16. The lowest BCUT2D eigenvalue weighted by Crippen LogP contribution is -1.94. The molecule has 6 aromatic rings. The summed E-state index contributed by atoms with van der Waals surface area (Å²) in [5, 5.41) is 6.17. The van der Waals surface area contributed by atoms with Crippen molar-refractivity contribution in [1.82, 2.24) is 4.98 Å². The predicted octanol–water partition coefficient (Wildman–Crippen LogP) is 8.64. The van der Waals surface area contributed by atoms with Crippen molar-refractivity contribution < 1.29 is 0 Å². The van der Waals surface area contributed by atoms with E-state index in [1.807, 2.05) is 12.3 Å². The third-order valence-corrected chi connectivity index (χ3v) is 6.73. The standard InChI is InChI=1S/C32H24N2/c1-21(33-2)24-17-25(28-15-7-10-22-11-8-16-34-32(22)28)19-26(18-24)31-20-23-9-3-4-12-27(23)29-13-5-6-14-30(29)31/h3-21H,2H2,1H3. The molecule has 0 bridgehead atoms. The van der Waals surface area contributed by atoms with Gasteiger partial charge in [0.15, 0.2) is 0 Å². The van der Waals surface area contributed by atoms with Crippen LogP contribution in [0.25, 0.3) is 54.7 Å². The largest absolute Gasteiger partial charge is 0.293 e. The highest BCUT2D eigenvalue weighted by Gasteiger charge is 2.14. The molecule has 0 radical (unpaired) electrons. The number of fused-ring (bicyclic) bond motifs is 4. The van der Waals surface area contributed by atoms with Crippen molar-refractivity contribution in [2.24, 2.45) is 4.99 Å². The van der Waals surface area contributed by atoms with Crippen LogP contribution in [0.3, 0.4) is 0 Å². The van der Waals surface area contributed by atoms with Gasteiger partial charge >= 0.3 is 0 Å². The number of para-hydroxylation sites is 1. The molecule has 1 atom stereocenters. The average molecular weight is 437 g/mol. The Balaban J connectivity index is 1.68. The number of hydrogen-bond acceptors (Lipinski definition) is 2. The molecule has 0 fully saturated rings. The summed E-state index contributed by atoms with van der Waals surface area (Å²) in [5.41, 5.74) is 6.83. The van der Waals surface area contributed by atoms with Gasteiger partial charge in [-0.1, -0.05) is 72.8 Å². The maximum absolute atomic E-state index is 4.71. The summed E-state index contributed by atoms with van der Waals surface area (Å²) in [6.45, 7) is 5.91. The van der Waals surface area contributed by atoms with Crippen molar-refractivity contribution in [3.63, 3.8) is 0 Å². The Morgan fingerprint density at radius 1 is 0.647 bits per heavy atom. The number of benzene rings is 5. The van der Waals surface area contributed by atoms with E-state index in [1.165, 1.54) is 32.7 Å². The fourth-order valence-electron chi connectivity index (χ4n) is 4.94. The number of aromatic nitrogens is 1. The van der Waals surface area contributed by atoms with E-state index in [4.69, 9.17) is 4.98 Å². The van der Waals surface area contributed by atoms with E-state index in [0.717, 1.165) is 27.6 Å². The Morgan fingerprint density at radius 2 is 1.32 bits per heavy atom. The van der Waals surface area contributed by atoms with E-state index in [9.17, 15) is 0 Å². The van der Waals surface area contributed by atoms with Gasteiger partial charge in [0.2, 0.25) is 0 Å². The van der Waals surface area contributed by atoms with Crippen molar-refractivity contribution in [2.75, 3.05) is 0 Å². The van der Waals surface area contributed by atoms with Crippen LogP contribution in [0.5, 0.6) is 0 Å². The molecular formula is C32H24N2. The highest BCUT2D eigenvalue weighted by atomic mass is 14.7. The number of rotatable bonds is 4. The molecule has 0 saturated carbocycles. The molecular weight excluding hydrogens is 412 g/mol. The summed E-state index contributed by atoms with van der Waals surface area (Å²) in [6, 6.07) is 36.8. The molecule has 6 rings (SSSR count). The quantitative estimate of drug-likeness (QED) is 0.200. The molecule has 0 aliphatic rings. The number of pyridine rings is 1. The van der Waals surface area contributed by atoms with Gasteiger partial charge in [-0.3, -0.25) is 9.98 Å². The summed E-state index contributed by atoms with van der Waals surface area (Å²) in [7, 11) is 0. The topological polar surface area (TPSA) is 25.2 Å². The highest BCUT2D eigenvalue weighted by molar-refractivity contribution is 6.14. The molecule has 1 heterocycles. The number of hydrogen-bond donors (Lipinski definition) is 0. The van der Waals surface area contributed by atoms with Crippen LogP contribution in [0.1, 0.15) is 18.5 Å². The maximum atomic E-state index is 4.71. The SMILES string of the molecule is C=NC(C)c1cc(-c2cc3ccccc3c3ccccc23)cc(-c2cccc3cccnc23)c1. The molecule has 34 heavy (non-hydrogen) atoms. The second-order valence-electron chi connectivity index (χ2n) is 8.77. The zero-order chi connectivity index (χ0) is 23.1. The van der Waals surface area contributed by atoms with Crippen LogP contribution >= 0.6 is 0 Å². The summed E-state index contributed by atoms with van der Waals surface area (Å²) in [4.78, 5) is 9.05. The van der Waals surface area contributed by atoms with Crippen LogP contribution in [-0.4, -0.2) is 11.7 Å². The van der Waals surface area contributed by atoms with E-state index >= 15 is 0 Å². The van der Waals surface area contributed by atoms with Gasteiger partial charge in [0.25, 0.3) is 0 Å². The normalized spacial score (nSPS) is 12.3. The molecule has 0 N–H and O–H groups in total. The summed E-state index contributed by atoms with van der Waals surface area (Å²) in [5.74, 6) is 0. The molecule has 0 amide bonds. The van der Waals surface area contributed by atoms with Crippen LogP contribution in [0.4, 0.5) is 0 Å². The van der Waals surface area contributed by atoms with E-state index < -0.39 is 0 Å². The van der Waals surface area contributed by atoms with Crippen LogP contribution in [0.2, 0.25) is 0 Å². The molecule has 162 valence electrons. The molecule has 2 heteroatoms. The third-order valence-electron chi connectivity index (χ3n) is 6.73. The van der Waals surface area contributed by atoms with Crippen molar-refractivity contribution in [1.29, 1.82) is 0 Å². The van der Waals surface area contributed by atoms with E-state index in [2.05, 4.69) is 116 Å². The van der Waals surface area contributed by atoms with Gasteiger partial charge in [-0.15, -0.1) is 0 Å². The van der Waals surface area contributed by atoms with Gasteiger partial charge < -0.3 is 0 Å². The van der Waals surface area contributed by atoms with Gasteiger partial charge in [-0.25, -0.2) is 0 Å². The van der Waals surface area contributed by atoms with Crippen LogP contribution < -0.4 is 0 Å². The van der Waals surface area contributed by atoms with Crippen molar-refractivity contribution in [3.05, 3.63) is 115 Å². The average Bonchev–Trinajstić information content (AvgIpc) is 2.91. The van der Waals surface area contributed by atoms with Crippen LogP contribution in [-0.2, 0) is 0 Å². The molecule has 2 nitrogen and oxygen atoms in total. The van der Waals surface area contributed by atoms with Crippen LogP contribution in [0, 0.1) is 0 Å². The first kappa shape index (κ1) is 20.3.